The summed E-state index contributed by atoms with van der Waals surface area (Å²) in [5.74, 6) is -0.455. The lowest BCUT2D eigenvalue weighted by molar-refractivity contribution is 0.0997. The number of urea groups is 1. The highest BCUT2D eigenvalue weighted by molar-refractivity contribution is 7.11. The second-order valence-electron chi connectivity index (χ2n) is 6.20. The van der Waals surface area contributed by atoms with Crippen LogP contribution in [0.2, 0.25) is 0 Å². The molecular formula is C17H30N4O3S. The van der Waals surface area contributed by atoms with Gasteiger partial charge in [-0.3, -0.25) is 10.1 Å². The smallest absolute Gasteiger partial charge is 0.321 e. The maximum absolute atomic E-state index is 11.7. The number of anilines is 1. The lowest BCUT2D eigenvalue weighted by Gasteiger charge is -2.11. The third-order valence-electron chi connectivity index (χ3n) is 3.77. The van der Waals surface area contributed by atoms with Gasteiger partial charge in [0.2, 0.25) is 5.88 Å². The molecule has 0 aliphatic rings. The first kappa shape index (κ1) is 21.2. The number of hydrogen-bond donors (Lipinski definition) is 2. The fourth-order valence-corrected chi connectivity index (χ4v) is 3.02. The van der Waals surface area contributed by atoms with Gasteiger partial charge in [-0.25, -0.2) is 4.79 Å². The van der Waals surface area contributed by atoms with E-state index < -0.39 is 5.91 Å². The Bertz CT molecular complexity index is 546. The zero-order chi connectivity index (χ0) is 18.7. The summed E-state index contributed by atoms with van der Waals surface area (Å²) >= 11 is 0.995. The maximum atomic E-state index is 11.7. The molecule has 1 aromatic heterocycles. The molecule has 0 aliphatic heterocycles. The monoisotopic (exact) mass is 370 g/mol. The number of nitrogens with zero attached hydrogens (tertiary/aromatic N) is 2. The molecule has 0 radical (unpaired) electrons. The van der Waals surface area contributed by atoms with E-state index in [2.05, 4.69) is 16.6 Å². The number of unbranched alkanes of at least 4 members (excludes halogenated alkanes) is 7. The Labute approximate surface area is 154 Å². The average molecular weight is 371 g/mol. The van der Waals surface area contributed by atoms with Gasteiger partial charge in [0.15, 0.2) is 0 Å². The van der Waals surface area contributed by atoms with E-state index in [1.807, 2.05) is 0 Å². The van der Waals surface area contributed by atoms with Crippen LogP contribution < -0.4 is 15.8 Å². The van der Waals surface area contributed by atoms with E-state index >= 15 is 0 Å². The van der Waals surface area contributed by atoms with E-state index in [0.29, 0.717) is 11.6 Å². The van der Waals surface area contributed by atoms with Crippen LogP contribution >= 0.6 is 11.5 Å². The van der Waals surface area contributed by atoms with Crippen LogP contribution in [0.4, 0.5) is 9.80 Å². The molecule has 0 saturated heterocycles. The Hall–Kier alpha value is -1.83. The van der Waals surface area contributed by atoms with Gasteiger partial charge in [0.25, 0.3) is 5.91 Å². The van der Waals surface area contributed by atoms with Crippen LogP contribution in [0.15, 0.2) is 0 Å². The summed E-state index contributed by atoms with van der Waals surface area (Å²) in [6, 6.07) is -0.347. The predicted molar refractivity (Wildman–Crippen MR) is 101 cm³/mol. The quantitative estimate of drug-likeness (QED) is 0.546. The summed E-state index contributed by atoms with van der Waals surface area (Å²) in [6.45, 7) is 2.70. The van der Waals surface area contributed by atoms with Gasteiger partial charge >= 0.3 is 6.03 Å². The molecule has 3 N–H and O–H groups in total. The molecule has 0 aromatic carbocycles. The van der Waals surface area contributed by atoms with Crippen LogP contribution in [0.5, 0.6) is 5.88 Å². The minimum atomic E-state index is -0.659. The van der Waals surface area contributed by atoms with Gasteiger partial charge in [0.05, 0.1) is 6.61 Å². The highest BCUT2D eigenvalue weighted by atomic mass is 32.1. The third-order valence-corrected chi connectivity index (χ3v) is 4.52. The van der Waals surface area contributed by atoms with Gasteiger partial charge in [-0.2, -0.15) is 4.37 Å². The number of ether oxygens (including phenoxy) is 1. The average Bonchev–Trinajstić information content (AvgIpc) is 2.96. The minimum absolute atomic E-state index is 0.139. The van der Waals surface area contributed by atoms with Crippen LogP contribution in [-0.4, -0.2) is 41.9 Å². The molecule has 0 atom stereocenters. The molecule has 1 rings (SSSR count). The number of nitrogens with two attached hydrogens (primary N) is 1. The minimum Gasteiger partial charge on any atom is -0.476 e. The Morgan fingerprint density at radius 2 is 1.72 bits per heavy atom. The molecule has 0 spiro atoms. The van der Waals surface area contributed by atoms with E-state index in [1.165, 1.54) is 43.4 Å². The van der Waals surface area contributed by atoms with E-state index in [0.717, 1.165) is 24.4 Å². The summed E-state index contributed by atoms with van der Waals surface area (Å²) in [6.07, 6.45) is 9.63. The largest absolute Gasteiger partial charge is 0.476 e. The molecule has 8 heteroatoms. The summed E-state index contributed by atoms with van der Waals surface area (Å²) in [4.78, 5) is 24.7. The highest BCUT2D eigenvalue weighted by Crippen LogP contribution is 2.30. The Morgan fingerprint density at radius 1 is 1.12 bits per heavy atom. The molecule has 142 valence electrons. The molecule has 1 aromatic rings. The molecule has 0 aliphatic carbocycles. The first-order chi connectivity index (χ1) is 12.0. The molecule has 0 bridgehead atoms. The van der Waals surface area contributed by atoms with E-state index in [9.17, 15) is 9.59 Å². The van der Waals surface area contributed by atoms with Gasteiger partial charge in [0.1, 0.15) is 10.6 Å². The van der Waals surface area contributed by atoms with Gasteiger partial charge in [-0.15, -0.1) is 0 Å². The van der Waals surface area contributed by atoms with Gasteiger partial charge in [-0.05, 0) is 18.0 Å². The van der Waals surface area contributed by atoms with Gasteiger partial charge in [0, 0.05) is 14.1 Å². The SMILES string of the molecule is CCCCCCCCCCOc1nsc(NC(=O)N(C)C)c1C(N)=O. The molecule has 1 heterocycles. The maximum Gasteiger partial charge on any atom is 0.321 e. The zero-order valence-corrected chi connectivity index (χ0v) is 16.3. The number of rotatable bonds is 12. The van der Waals surface area contributed by atoms with E-state index in [1.54, 1.807) is 14.1 Å². The second-order valence-corrected chi connectivity index (χ2v) is 6.98. The number of amides is 3. The van der Waals surface area contributed by atoms with Gasteiger partial charge in [-0.1, -0.05) is 51.9 Å². The standard InChI is InChI=1S/C17H30N4O3S/c1-4-5-6-7-8-9-10-11-12-24-15-13(14(18)22)16(25-20-15)19-17(23)21(2)3/h4-12H2,1-3H3,(H2,18,22)(H,19,23). The number of aromatic nitrogens is 1. The van der Waals surface area contributed by atoms with Crippen LogP contribution in [0.25, 0.3) is 0 Å². The van der Waals surface area contributed by atoms with E-state index in [-0.39, 0.29) is 17.5 Å². The third kappa shape index (κ3) is 7.72. The molecule has 7 nitrogen and oxygen atoms in total. The number of hydrogen-bond acceptors (Lipinski definition) is 5. The van der Waals surface area contributed by atoms with Crippen LogP contribution in [-0.2, 0) is 0 Å². The molecule has 25 heavy (non-hydrogen) atoms. The lowest BCUT2D eigenvalue weighted by atomic mass is 10.1. The van der Waals surface area contributed by atoms with Crippen molar-refractivity contribution in [3.63, 3.8) is 0 Å². The molecule has 3 amide bonds. The molecular weight excluding hydrogens is 340 g/mol. The van der Waals surface area contributed by atoms with Crippen molar-refractivity contribution < 1.29 is 14.3 Å². The Kier molecular flexibility index (Phi) is 9.91. The van der Waals surface area contributed by atoms with Crippen LogP contribution in [0.3, 0.4) is 0 Å². The first-order valence-electron chi connectivity index (χ1n) is 8.88. The zero-order valence-electron chi connectivity index (χ0n) is 15.5. The second kappa shape index (κ2) is 11.7. The van der Waals surface area contributed by atoms with Crippen molar-refractivity contribution >= 4 is 28.5 Å². The summed E-state index contributed by atoms with van der Waals surface area (Å²) in [7, 11) is 3.22. The fourth-order valence-electron chi connectivity index (χ4n) is 2.29. The highest BCUT2D eigenvalue weighted by Gasteiger charge is 2.22. The summed E-state index contributed by atoms with van der Waals surface area (Å²) in [5, 5.41) is 2.93. The molecule has 0 fully saturated rings. The fraction of sp³-hybridized carbons (Fsp3) is 0.706. The number of carbonyl (C=O) groups excluding carboxylic acids is 2. The number of nitrogens with one attached hydrogen (secondary N) is 1. The predicted octanol–water partition coefficient (Wildman–Crippen LogP) is 3.86. The Balaban J connectivity index is 2.39. The van der Waals surface area contributed by atoms with Crippen molar-refractivity contribution in [2.45, 2.75) is 58.3 Å². The number of primary amides is 1. The van der Waals surface area contributed by atoms with Crippen molar-refractivity contribution in [3.8, 4) is 5.88 Å². The van der Waals surface area contributed by atoms with Crippen molar-refractivity contribution in [2.75, 3.05) is 26.0 Å². The van der Waals surface area contributed by atoms with Crippen molar-refractivity contribution in [2.24, 2.45) is 5.73 Å². The lowest BCUT2D eigenvalue weighted by Crippen LogP contribution is -2.28. The van der Waals surface area contributed by atoms with Crippen LogP contribution in [0.1, 0.15) is 68.6 Å². The van der Waals surface area contributed by atoms with Crippen molar-refractivity contribution in [3.05, 3.63) is 5.56 Å². The van der Waals surface area contributed by atoms with Crippen molar-refractivity contribution in [1.82, 2.24) is 9.27 Å². The summed E-state index contributed by atoms with van der Waals surface area (Å²) < 4.78 is 9.70. The Morgan fingerprint density at radius 3 is 2.28 bits per heavy atom. The van der Waals surface area contributed by atoms with Crippen LogP contribution in [0, 0.1) is 0 Å². The summed E-state index contributed by atoms with van der Waals surface area (Å²) in [5.41, 5.74) is 5.54. The van der Waals surface area contributed by atoms with E-state index in [4.69, 9.17) is 10.5 Å². The first-order valence-corrected chi connectivity index (χ1v) is 9.65. The molecule has 0 saturated carbocycles. The normalized spacial score (nSPS) is 10.5. The topological polar surface area (TPSA) is 97.6 Å². The molecule has 0 unspecified atom stereocenters. The van der Waals surface area contributed by atoms with Gasteiger partial charge < -0.3 is 15.4 Å². The number of carbonyl (C=O) groups is 2. The van der Waals surface area contributed by atoms with Crippen molar-refractivity contribution in [1.29, 1.82) is 0 Å².